The molecule has 0 saturated heterocycles. The highest BCUT2D eigenvalue weighted by molar-refractivity contribution is 6.35. The van der Waals surface area contributed by atoms with Crippen LogP contribution in [-0.4, -0.2) is 37.4 Å². The Bertz CT molecular complexity index is 970. The average Bonchev–Trinajstić information content (AvgIpc) is 3.20. The molecular weight excluding hydrogens is 342 g/mol. The molecule has 3 rings (SSSR count). The minimum Gasteiger partial charge on any atom is -0.464 e. The van der Waals surface area contributed by atoms with Crippen molar-refractivity contribution >= 4 is 17.4 Å². The number of nitrogens with zero attached hydrogens (tertiary/aromatic N) is 4. The molecule has 126 valence electrons. The number of hydrogen-bond acceptors (Lipinski definition) is 5. The molecule has 3 aromatic rings. The number of carbonyl (C=O) groups excluding carboxylic acids is 1. The predicted molar refractivity (Wildman–Crippen MR) is 92.5 cm³/mol. The van der Waals surface area contributed by atoms with Gasteiger partial charge in [0, 0.05) is 18.2 Å². The molecule has 0 radical (unpaired) electrons. The van der Waals surface area contributed by atoms with Crippen LogP contribution in [0.1, 0.15) is 21.6 Å². The van der Waals surface area contributed by atoms with E-state index in [0.717, 1.165) is 5.56 Å². The molecule has 1 aromatic carbocycles. The summed E-state index contributed by atoms with van der Waals surface area (Å²) in [5.74, 6) is 2.97. The molecule has 2 aromatic heterocycles. The fourth-order valence-corrected chi connectivity index (χ4v) is 2.77. The first kappa shape index (κ1) is 16.7. The molecule has 25 heavy (non-hydrogen) atoms. The maximum Gasteiger partial charge on any atom is 0.224 e. The number of halogens is 1. The van der Waals surface area contributed by atoms with Crippen LogP contribution in [0.2, 0.25) is 5.02 Å². The molecule has 0 atom stereocenters. The van der Waals surface area contributed by atoms with Crippen molar-refractivity contribution in [1.82, 2.24) is 25.0 Å². The second-order valence-electron chi connectivity index (χ2n) is 5.24. The van der Waals surface area contributed by atoms with Crippen LogP contribution in [0.4, 0.5) is 0 Å². The van der Waals surface area contributed by atoms with Crippen LogP contribution in [0, 0.1) is 19.3 Å². The first-order valence-electron chi connectivity index (χ1n) is 7.32. The summed E-state index contributed by atoms with van der Waals surface area (Å²) in [5.41, 5.74) is 1.94. The molecule has 0 bridgehead atoms. The summed E-state index contributed by atoms with van der Waals surface area (Å²) in [7, 11) is 1.68. The third-order valence-electron chi connectivity index (χ3n) is 3.59. The zero-order chi connectivity index (χ0) is 18.0. The van der Waals surface area contributed by atoms with E-state index in [-0.39, 0.29) is 12.4 Å². The third-order valence-corrected chi connectivity index (χ3v) is 3.90. The summed E-state index contributed by atoms with van der Waals surface area (Å²) in [5, 5.41) is 11.1. The Morgan fingerprint density at radius 3 is 2.92 bits per heavy atom. The van der Waals surface area contributed by atoms with Gasteiger partial charge in [-0.3, -0.25) is 9.89 Å². The van der Waals surface area contributed by atoms with Gasteiger partial charge in [0.1, 0.15) is 11.9 Å². The van der Waals surface area contributed by atoms with Gasteiger partial charge in [0.25, 0.3) is 0 Å². The number of aromatic amines is 1. The smallest absolute Gasteiger partial charge is 0.224 e. The van der Waals surface area contributed by atoms with Crippen LogP contribution in [0.25, 0.3) is 11.4 Å². The second kappa shape index (κ2) is 6.79. The Balaban J connectivity index is 2.01. The maximum absolute atomic E-state index is 13.0. The number of rotatable bonds is 5. The summed E-state index contributed by atoms with van der Waals surface area (Å²) < 4.78 is 6.96. The fourth-order valence-electron chi connectivity index (χ4n) is 2.50. The maximum atomic E-state index is 13.0. The zero-order valence-corrected chi connectivity index (χ0v) is 14.3. The summed E-state index contributed by atoms with van der Waals surface area (Å²) in [6.07, 6.45) is 6.63. The molecule has 0 unspecified atom stereocenters. The van der Waals surface area contributed by atoms with E-state index in [9.17, 15) is 4.79 Å². The Morgan fingerprint density at radius 1 is 1.48 bits per heavy atom. The average molecular weight is 356 g/mol. The second-order valence-corrected chi connectivity index (χ2v) is 5.65. The lowest BCUT2D eigenvalue weighted by Gasteiger charge is -2.08. The highest BCUT2D eigenvalue weighted by Gasteiger charge is 2.24. The Labute approximate surface area is 149 Å². The van der Waals surface area contributed by atoms with Crippen LogP contribution < -0.4 is 4.74 Å². The van der Waals surface area contributed by atoms with E-state index < -0.39 is 0 Å². The number of ether oxygens (including phenoxy) is 1. The Morgan fingerprint density at radius 2 is 2.28 bits per heavy atom. The van der Waals surface area contributed by atoms with Crippen molar-refractivity contribution in [2.75, 3.05) is 6.61 Å². The van der Waals surface area contributed by atoms with Gasteiger partial charge in [0.15, 0.2) is 12.4 Å². The van der Waals surface area contributed by atoms with Gasteiger partial charge in [-0.15, -0.1) is 6.42 Å². The molecule has 2 heterocycles. The van der Waals surface area contributed by atoms with Crippen molar-refractivity contribution < 1.29 is 9.53 Å². The number of H-pyrrole nitrogens is 1. The molecule has 0 aliphatic carbocycles. The Kier molecular flexibility index (Phi) is 4.55. The van der Waals surface area contributed by atoms with Crippen molar-refractivity contribution in [3.63, 3.8) is 0 Å². The van der Waals surface area contributed by atoms with Gasteiger partial charge in [-0.1, -0.05) is 23.6 Å². The number of terminal acetylenes is 1. The SMILES string of the molecule is C#CCOc1c(C(=O)c2ccc(-c3ncn[nH]3)cc2Cl)c(C)nn1C. The minimum absolute atomic E-state index is 0.0391. The zero-order valence-electron chi connectivity index (χ0n) is 13.6. The molecule has 0 aliphatic rings. The normalized spacial score (nSPS) is 10.5. The van der Waals surface area contributed by atoms with E-state index in [2.05, 4.69) is 26.2 Å². The lowest BCUT2D eigenvalue weighted by atomic mass is 10.0. The van der Waals surface area contributed by atoms with E-state index in [1.54, 1.807) is 32.2 Å². The predicted octanol–water partition coefficient (Wildman–Crippen LogP) is 2.41. The van der Waals surface area contributed by atoms with Gasteiger partial charge in [0.05, 0.1) is 10.7 Å². The fraction of sp³-hybridized carbons (Fsp3) is 0.176. The number of carbonyl (C=O) groups is 1. The molecular formula is C17H14ClN5O2. The van der Waals surface area contributed by atoms with Crippen molar-refractivity contribution in [2.24, 2.45) is 7.05 Å². The van der Waals surface area contributed by atoms with Gasteiger partial charge >= 0.3 is 0 Å². The van der Waals surface area contributed by atoms with Gasteiger partial charge in [0.2, 0.25) is 11.7 Å². The van der Waals surface area contributed by atoms with Crippen molar-refractivity contribution in [3.05, 3.63) is 46.4 Å². The van der Waals surface area contributed by atoms with E-state index in [4.69, 9.17) is 22.8 Å². The van der Waals surface area contributed by atoms with E-state index in [0.29, 0.717) is 33.5 Å². The molecule has 7 nitrogen and oxygen atoms in total. The van der Waals surface area contributed by atoms with Gasteiger partial charge in [-0.25, -0.2) is 9.67 Å². The first-order chi connectivity index (χ1) is 12.0. The number of ketones is 1. The monoisotopic (exact) mass is 355 g/mol. The van der Waals surface area contributed by atoms with E-state index in [1.165, 1.54) is 11.0 Å². The number of aromatic nitrogens is 5. The molecule has 0 amide bonds. The van der Waals surface area contributed by atoms with E-state index in [1.807, 2.05) is 0 Å². The van der Waals surface area contributed by atoms with Crippen LogP contribution in [0.15, 0.2) is 24.5 Å². The van der Waals surface area contributed by atoms with Crippen LogP contribution in [-0.2, 0) is 7.05 Å². The lowest BCUT2D eigenvalue weighted by Crippen LogP contribution is -2.08. The number of aryl methyl sites for hydroxylation is 2. The number of benzene rings is 1. The van der Waals surface area contributed by atoms with Crippen LogP contribution >= 0.6 is 11.6 Å². The number of nitrogens with one attached hydrogen (secondary N) is 1. The molecule has 0 aliphatic heterocycles. The summed E-state index contributed by atoms with van der Waals surface area (Å²) in [4.78, 5) is 17.0. The summed E-state index contributed by atoms with van der Waals surface area (Å²) in [6.45, 7) is 1.77. The Hall–Kier alpha value is -3.11. The highest BCUT2D eigenvalue weighted by Crippen LogP contribution is 2.29. The van der Waals surface area contributed by atoms with Crippen LogP contribution in [0.5, 0.6) is 5.88 Å². The summed E-state index contributed by atoms with van der Waals surface area (Å²) in [6, 6.07) is 5.04. The summed E-state index contributed by atoms with van der Waals surface area (Å²) >= 11 is 6.32. The van der Waals surface area contributed by atoms with Gasteiger partial charge in [-0.05, 0) is 19.1 Å². The van der Waals surface area contributed by atoms with Crippen molar-refractivity contribution in [2.45, 2.75) is 6.92 Å². The van der Waals surface area contributed by atoms with Crippen molar-refractivity contribution in [1.29, 1.82) is 0 Å². The number of hydrogen-bond donors (Lipinski definition) is 1. The molecule has 0 fully saturated rings. The molecule has 8 heteroatoms. The molecule has 0 spiro atoms. The van der Waals surface area contributed by atoms with Crippen molar-refractivity contribution in [3.8, 4) is 29.6 Å². The van der Waals surface area contributed by atoms with E-state index >= 15 is 0 Å². The quantitative estimate of drug-likeness (QED) is 0.561. The highest BCUT2D eigenvalue weighted by atomic mass is 35.5. The topological polar surface area (TPSA) is 85.7 Å². The van der Waals surface area contributed by atoms with Gasteiger partial charge < -0.3 is 4.74 Å². The van der Waals surface area contributed by atoms with Gasteiger partial charge in [-0.2, -0.15) is 10.2 Å². The largest absolute Gasteiger partial charge is 0.464 e. The molecule has 1 N–H and O–H groups in total. The molecule has 0 saturated carbocycles. The standard InChI is InChI=1S/C17H14ClN5O2/c1-4-7-25-17-14(10(2)22-23(17)3)15(24)12-6-5-11(8-13(12)18)16-19-9-20-21-16/h1,5-6,8-9H,7H2,2-3H3,(H,19,20,21). The van der Waals surface area contributed by atoms with Crippen LogP contribution in [0.3, 0.4) is 0 Å². The first-order valence-corrected chi connectivity index (χ1v) is 7.70. The lowest BCUT2D eigenvalue weighted by molar-refractivity contribution is 0.103. The minimum atomic E-state index is -0.285. The third kappa shape index (κ3) is 3.12.